The molecule has 0 fully saturated rings. The fourth-order valence-corrected chi connectivity index (χ4v) is 3.77. The van der Waals surface area contributed by atoms with Gasteiger partial charge in [-0.15, -0.1) is 0 Å². The summed E-state index contributed by atoms with van der Waals surface area (Å²) in [7, 11) is 1.82. The summed E-state index contributed by atoms with van der Waals surface area (Å²) in [5.74, 6) is -1.89. The maximum absolute atomic E-state index is 12.7. The van der Waals surface area contributed by atoms with Crippen LogP contribution in [0.1, 0.15) is 35.5 Å². The molecule has 1 aliphatic heterocycles. The van der Waals surface area contributed by atoms with Crippen LogP contribution >= 0.6 is 15.9 Å². The van der Waals surface area contributed by atoms with Crippen LogP contribution in [0, 0.1) is 13.8 Å². The van der Waals surface area contributed by atoms with Gasteiger partial charge < -0.3 is 15.5 Å². The molecular weight excluding hydrogens is 426 g/mol. The number of fused-ring (bicyclic) bond motifs is 1. The molecule has 0 spiro atoms. The predicted octanol–water partition coefficient (Wildman–Crippen LogP) is 1.64. The van der Waals surface area contributed by atoms with Gasteiger partial charge in [0.1, 0.15) is 6.04 Å². The number of benzene rings is 1. The third-order valence-electron chi connectivity index (χ3n) is 4.99. The van der Waals surface area contributed by atoms with E-state index in [1.807, 2.05) is 40.0 Å². The van der Waals surface area contributed by atoms with E-state index in [9.17, 15) is 14.4 Å². The smallest absolute Gasteiger partial charge is 0.310 e. The Morgan fingerprint density at radius 3 is 2.57 bits per heavy atom. The summed E-state index contributed by atoms with van der Waals surface area (Å²) >= 11 is 3.39. The number of aromatic nitrogens is 2. The van der Waals surface area contributed by atoms with Crippen molar-refractivity contribution in [2.75, 3.05) is 11.4 Å². The molecule has 9 heteroatoms. The van der Waals surface area contributed by atoms with E-state index in [4.69, 9.17) is 0 Å². The lowest BCUT2D eigenvalue weighted by Gasteiger charge is -2.15. The number of amides is 3. The number of anilines is 1. The van der Waals surface area contributed by atoms with Crippen LogP contribution in [0.3, 0.4) is 0 Å². The average molecular weight is 448 g/mol. The van der Waals surface area contributed by atoms with Gasteiger partial charge in [0.25, 0.3) is 5.91 Å². The molecule has 1 aromatic carbocycles. The Balaban J connectivity index is 1.71. The lowest BCUT2D eigenvalue weighted by Crippen LogP contribution is -2.44. The van der Waals surface area contributed by atoms with Crippen LogP contribution < -0.4 is 15.5 Å². The molecule has 3 rings (SSSR count). The first kappa shape index (κ1) is 20.1. The van der Waals surface area contributed by atoms with Gasteiger partial charge in [0.05, 0.1) is 5.69 Å². The van der Waals surface area contributed by atoms with Gasteiger partial charge in [0, 0.05) is 47.1 Å². The standard InChI is InChI=1S/C19H22BrN5O3/c1-5-25-15-7-6-12(20)8-13(15)16(19(25)28)22-18(27)17(26)21-9-14-10(2)23-24(4)11(14)3/h6-8,16H,5,9H2,1-4H3,(H,21,26)(H,22,27). The van der Waals surface area contributed by atoms with E-state index >= 15 is 0 Å². The topological polar surface area (TPSA) is 96.3 Å². The van der Waals surface area contributed by atoms with E-state index in [0.717, 1.165) is 27.1 Å². The molecule has 8 nitrogen and oxygen atoms in total. The van der Waals surface area contributed by atoms with Gasteiger partial charge in [0.15, 0.2) is 0 Å². The normalized spacial score (nSPS) is 15.5. The molecule has 2 heterocycles. The van der Waals surface area contributed by atoms with Crippen molar-refractivity contribution < 1.29 is 14.4 Å². The van der Waals surface area contributed by atoms with Gasteiger partial charge in [-0.3, -0.25) is 19.1 Å². The summed E-state index contributed by atoms with van der Waals surface area (Å²) in [5, 5.41) is 9.46. The summed E-state index contributed by atoms with van der Waals surface area (Å²) in [6.07, 6.45) is 0. The number of aryl methyl sites for hydroxylation is 2. The van der Waals surface area contributed by atoms with E-state index in [1.54, 1.807) is 15.6 Å². The van der Waals surface area contributed by atoms with Gasteiger partial charge in [-0.25, -0.2) is 0 Å². The highest BCUT2D eigenvalue weighted by Gasteiger charge is 2.38. The Labute approximate surface area is 171 Å². The summed E-state index contributed by atoms with van der Waals surface area (Å²) in [5.41, 5.74) is 3.99. The van der Waals surface area contributed by atoms with E-state index in [-0.39, 0.29) is 12.5 Å². The molecule has 0 saturated carbocycles. The van der Waals surface area contributed by atoms with Crippen molar-refractivity contribution in [3.8, 4) is 0 Å². The quantitative estimate of drug-likeness (QED) is 0.696. The SMILES string of the molecule is CCN1C(=O)C(NC(=O)C(=O)NCc2c(C)nn(C)c2C)c2cc(Br)ccc21. The predicted molar refractivity (Wildman–Crippen MR) is 108 cm³/mol. The molecular formula is C19H22BrN5O3. The molecule has 1 atom stereocenters. The van der Waals surface area contributed by atoms with Crippen LogP contribution in [0.15, 0.2) is 22.7 Å². The number of carbonyl (C=O) groups excluding carboxylic acids is 3. The Hall–Kier alpha value is -2.68. The van der Waals surface area contributed by atoms with E-state index in [1.165, 1.54) is 0 Å². The second-order valence-electron chi connectivity index (χ2n) is 6.65. The minimum absolute atomic E-state index is 0.194. The molecule has 0 radical (unpaired) electrons. The van der Waals surface area contributed by atoms with Crippen LogP contribution in [0.4, 0.5) is 5.69 Å². The molecule has 0 bridgehead atoms. The van der Waals surface area contributed by atoms with Crippen molar-refractivity contribution in [1.29, 1.82) is 0 Å². The number of hydrogen-bond donors (Lipinski definition) is 2. The highest BCUT2D eigenvalue weighted by Crippen LogP contribution is 2.37. The second kappa shape index (κ2) is 7.75. The van der Waals surface area contributed by atoms with Crippen LogP contribution in [0.5, 0.6) is 0 Å². The van der Waals surface area contributed by atoms with Gasteiger partial charge in [-0.2, -0.15) is 5.10 Å². The van der Waals surface area contributed by atoms with Gasteiger partial charge in [-0.05, 0) is 39.0 Å². The minimum atomic E-state index is -0.882. The van der Waals surface area contributed by atoms with Crippen LogP contribution in [0.2, 0.25) is 0 Å². The Morgan fingerprint density at radius 2 is 1.96 bits per heavy atom. The molecule has 0 aliphatic carbocycles. The van der Waals surface area contributed by atoms with E-state index in [0.29, 0.717) is 12.1 Å². The molecule has 1 unspecified atom stereocenters. The summed E-state index contributed by atoms with van der Waals surface area (Å²) < 4.78 is 2.52. The lowest BCUT2D eigenvalue weighted by atomic mass is 10.1. The zero-order valence-electron chi connectivity index (χ0n) is 16.2. The highest BCUT2D eigenvalue weighted by molar-refractivity contribution is 9.10. The molecule has 3 amide bonds. The first-order valence-corrected chi connectivity index (χ1v) is 9.72. The van der Waals surface area contributed by atoms with Crippen molar-refractivity contribution >= 4 is 39.3 Å². The fourth-order valence-electron chi connectivity index (χ4n) is 3.39. The molecule has 2 N–H and O–H groups in total. The molecule has 2 aromatic rings. The number of nitrogens with zero attached hydrogens (tertiary/aromatic N) is 3. The monoisotopic (exact) mass is 447 g/mol. The van der Waals surface area contributed by atoms with Crippen molar-refractivity contribution in [3.05, 3.63) is 45.2 Å². The zero-order chi connectivity index (χ0) is 20.6. The molecule has 1 aliphatic rings. The third kappa shape index (κ3) is 3.54. The number of hydrogen-bond acceptors (Lipinski definition) is 4. The summed E-state index contributed by atoms with van der Waals surface area (Å²) in [4.78, 5) is 39.0. The van der Waals surface area contributed by atoms with Gasteiger partial charge >= 0.3 is 11.8 Å². The molecule has 0 saturated heterocycles. The maximum Gasteiger partial charge on any atom is 0.310 e. The van der Waals surface area contributed by atoms with Crippen molar-refractivity contribution in [1.82, 2.24) is 20.4 Å². The van der Waals surface area contributed by atoms with Crippen LogP contribution in [0.25, 0.3) is 0 Å². The van der Waals surface area contributed by atoms with E-state index < -0.39 is 17.9 Å². The fraction of sp³-hybridized carbons (Fsp3) is 0.368. The van der Waals surface area contributed by atoms with Crippen molar-refractivity contribution in [2.24, 2.45) is 7.05 Å². The average Bonchev–Trinajstić information content (AvgIpc) is 3.05. The lowest BCUT2D eigenvalue weighted by molar-refractivity contribution is -0.140. The Morgan fingerprint density at radius 1 is 1.25 bits per heavy atom. The number of nitrogens with one attached hydrogen (secondary N) is 2. The number of carbonyl (C=O) groups is 3. The molecule has 148 valence electrons. The zero-order valence-corrected chi connectivity index (χ0v) is 17.8. The highest BCUT2D eigenvalue weighted by atomic mass is 79.9. The second-order valence-corrected chi connectivity index (χ2v) is 7.56. The Kier molecular flexibility index (Phi) is 5.55. The van der Waals surface area contributed by atoms with Gasteiger partial charge in [0.2, 0.25) is 0 Å². The number of rotatable bonds is 4. The summed E-state index contributed by atoms with van der Waals surface area (Å²) in [6.45, 7) is 6.27. The Bertz CT molecular complexity index is 969. The van der Waals surface area contributed by atoms with Crippen molar-refractivity contribution in [3.63, 3.8) is 0 Å². The summed E-state index contributed by atoms with van der Waals surface area (Å²) in [6, 6.07) is 4.56. The number of likely N-dealkylation sites (N-methyl/N-ethyl adjacent to an activating group) is 1. The van der Waals surface area contributed by atoms with Crippen LogP contribution in [-0.2, 0) is 28.0 Å². The minimum Gasteiger partial charge on any atom is -0.344 e. The van der Waals surface area contributed by atoms with Crippen molar-refractivity contribution in [2.45, 2.75) is 33.4 Å². The number of halogens is 1. The molecule has 1 aromatic heterocycles. The maximum atomic E-state index is 12.7. The largest absolute Gasteiger partial charge is 0.344 e. The first-order chi connectivity index (χ1) is 13.2. The van der Waals surface area contributed by atoms with Gasteiger partial charge in [-0.1, -0.05) is 15.9 Å². The first-order valence-electron chi connectivity index (χ1n) is 8.93. The van der Waals surface area contributed by atoms with E-state index in [2.05, 4.69) is 31.7 Å². The van der Waals surface area contributed by atoms with Crippen LogP contribution in [-0.4, -0.2) is 34.0 Å². The molecule has 28 heavy (non-hydrogen) atoms. The third-order valence-corrected chi connectivity index (χ3v) is 5.48.